The fourth-order valence-corrected chi connectivity index (χ4v) is 4.23. The first kappa shape index (κ1) is 20.4. The summed E-state index contributed by atoms with van der Waals surface area (Å²) in [7, 11) is 0. The highest BCUT2D eigenvalue weighted by Gasteiger charge is 2.25. The Balaban J connectivity index is 1.51. The second-order valence-corrected chi connectivity index (χ2v) is 7.92. The van der Waals surface area contributed by atoms with E-state index in [1.165, 1.54) is 16.3 Å². The molecule has 0 spiro atoms. The van der Waals surface area contributed by atoms with Gasteiger partial charge in [-0.05, 0) is 47.9 Å². The van der Waals surface area contributed by atoms with E-state index in [0.717, 1.165) is 24.3 Å². The molecule has 0 amide bonds. The van der Waals surface area contributed by atoms with Crippen molar-refractivity contribution in [3.63, 3.8) is 0 Å². The van der Waals surface area contributed by atoms with Crippen LogP contribution < -0.4 is 10.2 Å². The number of carbonyl (C=O) groups is 1. The molecule has 1 heterocycles. The van der Waals surface area contributed by atoms with Crippen molar-refractivity contribution in [2.75, 3.05) is 31.2 Å². The highest BCUT2D eigenvalue weighted by atomic mass is 16.5. The van der Waals surface area contributed by atoms with Gasteiger partial charge in [-0.1, -0.05) is 48.5 Å². The number of hydrogen-bond donors (Lipinski definition) is 2. The van der Waals surface area contributed by atoms with Gasteiger partial charge in [0.1, 0.15) is 0 Å². The van der Waals surface area contributed by atoms with Crippen molar-refractivity contribution >= 4 is 22.4 Å². The van der Waals surface area contributed by atoms with Crippen molar-refractivity contribution in [3.8, 4) is 0 Å². The van der Waals surface area contributed by atoms with Crippen LogP contribution in [0.25, 0.3) is 10.8 Å². The smallest absolute Gasteiger partial charge is 0.336 e. The number of nitrogens with zero attached hydrogens (tertiary/aromatic N) is 1. The lowest BCUT2D eigenvalue weighted by Gasteiger charge is -2.38. The van der Waals surface area contributed by atoms with Gasteiger partial charge in [-0.2, -0.15) is 0 Å². The standard InChI is InChI=1S/C25H28N2O3/c1-17-10-11-20(14-24(17)25(28)29)27-12-13-30-16-21(27)15-26-18(2)22-9-5-7-19-6-3-4-8-23(19)22/h3-11,14,18,21,26H,12-13,15-16H2,1-2H3,(H,28,29)/t18-,21?/m1/s1. The summed E-state index contributed by atoms with van der Waals surface area (Å²) < 4.78 is 5.75. The number of nitrogens with one attached hydrogen (secondary N) is 1. The van der Waals surface area contributed by atoms with Crippen LogP contribution in [0, 0.1) is 6.92 Å². The molecule has 1 unspecified atom stereocenters. The minimum atomic E-state index is -0.887. The van der Waals surface area contributed by atoms with Gasteiger partial charge in [0.25, 0.3) is 0 Å². The maximum atomic E-state index is 11.6. The Morgan fingerprint density at radius 3 is 2.83 bits per heavy atom. The lowest BCUT2D eigenvalue weighted by atomic mass is 9.99. The van der Waals surface area contributed by atoms with Crippen molar-refractivity contribution in [2.45, 2.75) is 25.9 Å². The molecule has 1 aliphatic rings. The fraction of sp³-hybridized carbons (Fsp3) is 0.320. The molecule has 0 bridgehead atoms. The first-order valence-electron chi connectivity index (χ1n) is 10.4. The molecule has 1 aliphatic heterocycles. The second kappa shape index (κ2) is 8.86. The number of carboxylic acids is 1. The molecule has 3 aromatic rings. The number of anilines is 1. The quantitative estimate of drug-likeness (QED) is 0.638. The van der Waals surface area contributed by atoms with Crippen LogP contribution in [0.15, 0.2) is 60.7 Å². The molecule has 0 saturated carbocycles. The zero-order valence-electron chi connectivity index (χ0n) is 17.5. The number of morpholine rings is 1. The molecule has 0 aliphatic carbocycles. The van der Waals surface area contributed by atoms with Crippen LogP contribution in [0.1, 0.15) is 34.5 Å². The molecule has 156 valence electrons. The van der Waals surface area contributed by atoms with E-state index >= 15 is 0 Å². The first-order valence-corrected chi connectivity index (χ1v) is 10.4. The molecule has 1 fully saturated rings. The number of carboxylic acid groups (broad SMARTS) is 1. The summed E-state index contributed by atoms with van der Waals surface area (Å²) in [4.78, 5) is 13.8. The summed E-state index contributed by atoms with van der Waals surface area (Å²) in [5, 5.41) is 15.7. The number of ether oxygens (including phenoxy) is 1. The van der Waals surface area contributed by atoms with E-state index in [1.54, 1.807) is 6.07 Å². The molecule has 5 nitrogen and oxygen atoms in total. The van der Waals surface area contributed by atoms with Crippen molar-refractivity contribution in [1.29, 1.82) is 0 Å². The Morgan fingerprint density at radius 2 is 2.00 bits per heavy atom. The number of rotatable bonds is 6. The van der Waals surface area contributed by atoms with E-state index in [2.05, 4.69) is 59.6 Å². The molecule has 2 N–H and O–H groups in total. The average Bonchev–Trinajstić information content (AvgIpc) is 2.77. The van der Waals surface area contributed by atoms with Crippen LogP contribution in [-0.2, 0) is 4.74 Å². The van der Waals surface area contributed by atoms with Crippen LogP contribution >= 0.6 is 0 Å². The Kier molecular flexibility index (Phi) is 6.02. The van der Waals surface area contributed by atoms with Gasteiger partial charge in [0.05, 0.1) is 24.8 Å². The monoisotopic (exact) mass is 404 g/mol. The summed E-state index contributed by atoms with van der Waals surface area (Å²) in [5.41, 5.74) is 3.35. The summed E-state index contributed by atoms with van der Waals surface area (Å²) in [5.74, 6) is -0.887. The third kappa shape index (κ3) is 4.18. The van der Waals surface area contributed by atoms with E-state index in [9.17, 15) is 9.90 Å². The van der Waals surface area contributed by atoms with E-state index in [1.807, 2.05) is 19.1 Å². The molecule has 3 aromatic carbocycles. The molecular formula is C25H28N2O3. The molecule has 0 radical (unpaired) electrons. The van der Waals surface area contributed by atoms with Gasteiger partial charge in [0, 0.05) is 24.8 Å². The van der Waals surface area contributed by atoms with Gasteiger partial charge in [0.15, 0.2) is 0 Å². The Labute approximate surface area is 177 Å². The zero-order valence-corrected chi connectivity index (χ0v) is 17.5. The van der Waals surface area contributed by atoms with Gasteiger partial charge >= 0.3 is 5.97 Å². The SMILES string of the molecule is Cc1ccc(N2CCOCC2CN[C@H](C)c2cccc3ccccc23)cc1C(=O)O. The number of benzene rings is 3. The summed E-state index contributed by atoms with van der Waals surface area (Å²) in [6, 6.07) is 20.9. The Morgan fingerprint density at radius 1 is 1.20 bits per heavy atom. The predicted molar refractivity (Wildman–Crippen MR) is 120 cm³/mol. The first-order chi connectivity index (χ1) is 14.5. The van der Waals surface area contributed by atoms with Crippen LogP contribution in [0.5, 0.6) is 0 Å². The molecule has 5 heteroatoms. The van der Waals surface area contributed by atoms with Gasteiger partial charge in [-0.25, -0.2) is 4.79 Å². The predicted octanol–water partition coefficient (Wildman–Crippen LogP) is 4.40. The number of aromatic carboxylic acids is 1. The molecule has 2 atom stereocenters. The van der Waals surface area contributed by atoms with Crippen molar-refractivity contribution in [1.82, 2.24) is 5.32 Å². The average molecular weight is 405 g/mol. The van der Waals surface area contributed by atoms with Crippen molar-refractivity contribution in [2.24, 2.45) is 0 Å². The van der Waals surface area contributed by atoms with Crippen LogP contribution in [0.3, 0.4) is 0 Å². The van der Waals surface area contributed by atoms with E-state index in [4.69, 9.17) is 4.74 Å². The van der Waals surface area contributed by atoms with Crippen LogP contribution in [0.2, 0.25) is 0 Å². The topological polar surface area (TPSA) is 61.8 Å². The van der Waals surface area contributed by atoms with Crippen LogP contribution in [0.4, 0.5) is 5.69 Å². The van der Waals surface area contributed by atoms with Gasteiger partial charge < -0.3 is 20.1 Å². The van der Waals surface area contributed by atoms with Crippen molar-refractivity contribution < 1.29 is 14.6 Å². The van der Waals surface area contributed by atoms with E-state index in [-0.39, 0.29) is 12.1 Å². The summed E-state index contributed by atoms with van der Waals surface area (Å²) in [6.45, 7) is 6.77. The highest BCUT2D eigenvalue weighted by molar-refractivity contribution is 5.90. The molecule has 4 rings (SSSR count). The second-order valence-electron chi connectivity index (χ2n) is 7.92. The zero-order chi connectivity index (χ0) is 21.1. The van der Waals surface area contributed by atoms with Gasteiger partial charge in [0.2, 0.25) is 0 Å². The molecule has 1 saturated heterocycles. The lowest BCUT2D eigenvalue weighted by Crippen LogP contribution is -2.51. The highest BCUT2D eigenvalue weighted by Crippen LogP contribution is 2.26. The molecule has 30 heavy (non-hydrogen) atoms. The van der Waals surface area contributed by atoms with E-state index < -0.39 is 5.97 Å². The number of aryl methyl sites for hydroxylation is 1. The maximum absolute atomic E-state index is 11.6. The largest absolute Gasteiger partial charge is 0.478 e. The van der Waals surface area contributed by atoms with Gasteiger partial charge in [-0.15, -0.1) is 0 Å². The third-order valence-electron chi connectivity index (χ3n) is 5.96. The van der Waals surface area contributed by atoms with E-state index in [0.29, 0.717) is 18.8 Å². The fourth-order valence-electron chi connectivity index (χ4n) is 4.23. The normalized spacial score (nSPS) is 17.8. The summed E-state index contributed by atoms with van der Waals surface area (Å²) >= 11 is 0. The van der Waals surface area contributed by atoms with Crippen molar-refractivity contribution in [3.05, 3.63) is 77.4 Å². The Bertz CT molecular complexity index is 1040. The third-order valence-corrected chi connectivity index (χ3v) is 5.96. The number of hydrogen-bond acceptors (Lipinski definition) is 4. The molecular weight excluding hydrogens is 376 g/mol. The lowest BCUT2D eigenvalue weighted by molar-refractivity contribution is 0.0696. The molecule has 0 aromatic heterocycles. The number of fused-ring (bicyclic) bond motifs is 1. The van der Waals surface area contributed by atoms with Gasteiger partial charge in [-0.3, -0.25) is 0 Å². The minimum absolute atomic E-state index is 0.139. The minimum Gasteiger partial charge on any atom is -0.478 e. The van der Waals surface area contributed by atoms with Crippen LogP contribution in [-0.4, -0.2) is 43.4 Å². The maximum Gasteiger partial charge on any atom is 0.336 e. The summed E-state index contributed by atoms with van der Waals surface area (Å²) in [6.07, 6.45) is 0. The Hall–Kier alpha value is -2.89.